The van der Waals surface area contributed by atoms with Gasteiger partial charge in [0.1, 0.15) is 12.4 Å². The van der Waals surface area contributed by atoms with Crippen molar-refractivity contribution in [1.29, 1.82) is 0 Å². The lowest BCUT2D eigenvalue weighted by molar-refractivity contribution is -0.233. The van der Waals surface area contributed by atoms with Gasteiger partial charge in [-0.15, -0.1) is 0 Å². The van der Waals surface area contributed by atoms with Crippen LogP contribution in [0.1, 0.15) is 18.9 Å². The Labute approximate surface area is 118 Å². The second-order valence-electron chi connectivity index (χ2n) is 4.57. The lowest BCUT2D eigenvalue weighted by Gasteiger charge is -2.35. The summed E-state index contributed by atoms with van der Waals surface area (Å²) in [6, 6.07) is 6.23. The molecule has 0 unspecified atom stereocenters. The zero-order chi connectivity index (χ0) is 15.7. The van der Waals surface area contributed by atoms with Crippen LogP contribution in [0.3, 0.4) is 0 Å². The van der Waals surface area contributed by atoms with Crippen LogP contribution < -0.4 is 4.74 Å². The molecule has 0 amide bonds. The van der Waals surface area contributed by atoms with Gasteiger partial charge in [-0.25, -0.2) is 4.39 Å². The number of allylic oxidation sites excluding steroid dienone is 2. The Kier molecular flexibility index (Phi) is 4.11. The van der Waals surface area contributed by atoms with Crippen LogP contribution in [0.25, 0.3) is 0 Å². The summed E-state index contributed by atoms with van der Waals surface area (Å²) in [5, 5.41) is 0. The predicted octanol–water partition coefficient (Wildman–Crippen LogP) is 4.46. The minimum atomic E-state index is -4.78. The van der Waals surface area contributed by atoms with E-state index in [4.69, 9.17) is 4.74 Å². The molecular formula is C14H13F5O2. The summed E-state index contributed by atoms with van der Waals surface area (Å²) in [5.41, 5.74) is 0.435. The van der Waals surface area contributed by atoms with Crippen LogP contribution in [0.2, 0.25) is 0 Å². The van der Waals surface area contributed by atoms with Gasteiger partial charge < -0.3 is 9.47 Å². The largest absolute Gasteiger partial charge is 0.494 e. The summed E-state index contributed by atoms with van der Waals surface area (Å²) < 4.78 is 73.7. The van der Waals surface area contributed by atoms with E-state index in [0.29, 0.717) is 17.9 Å². The summed E-state index contributed by atoms with van der Waals surface area (Å²) in [4.78, 5) is 0. The van der Waals surface area contributed by atoms with Gasteiger partial charge in [0, 0.05) is 0 Å². The highest BCUT2D eigenvalue weighted by Crippen LogP contribution is 2.56. The monoisotopic (exact) mass is 308 g/mol. The van der Waals surface area contributed by atoms with E-state index < -0.39 is 30.0 Å². The molecule has 1 aromatic rings. The third-order valence-electron chi connectivity index (χ3n) is 2.93. The Morgan fingerprint density at radius 1 is 0.952 bits per heavy atom. The first-order valence-electron chi connectivity index (χ1n) is 6.31. The normalized spacial score (nSPS) is 19.1. The molecule has 0 heterocycles. The lowest BCUT2D eigenvalue weighted by atomic mass is 9.96. The summed E-state index contributed by atoms with van der Waals surface area (Å²) >= 11 is 0. The van der Waals surface area contributed by atoms with Crippen molar-refractivity contribution in [3.8, 4) is 5.75 Å². The lowest BCUT2D eigenvalue weighted by Crippen LogP contribution is -2.53. The Balaban J connectivity index is 1.97. The average Bonchev–Trinajstić information content (AvgIpc) is 2.45. The highest BCUT2D eigenvalue weighted by Gasteiger charge is 2.74. The van der Waals surface area contributed by atoms with E-state index in [1.54, 1.807) is 12.1 Å². The van der Waals surface area contributed by atoms with E-state index in [-0.39, 0.29) is 0 Å². The van der Waals surface area contributed by atoms with Crippen LogP contribution in [0.5, 0.6) is 5.75 Å². The molecule has 1 aromatic carbocycles. The maximum Gasteiger partial charge on any atom is 0.375 e. The standard InChI is InChI=1S/C14H13F5O2/c1-2-7-20-10-5-3-9(4-6-10)8-21-12-11(15)13(16,17)14(12,18)19/h3-6H,2,7-8H2,1H3. The highest BCUT2D eigenvalue weighted by molar-refractivity contribution is 5.36. The number of rotatable bonds is 6. The van der Waals surface area contributed by atoms with Gasteiger partial charge in [-0.05, 0) is 24.1 Å². The molecule has 0 atom stereocenters. The molecule has 2 nitrogen and oxygen atoms in total. The summed E-state index contributed by atoms with van der Waals surface area (Å²) in [6.45, 7) is 2.05. The van der Waals surface area contributed by atoms with Crippen LogP contribution in [-0.2, 0) is 11.3 Å². The molecule has 0 N–H and O–H groups in total. The first-order valence-corrected chi connectivity index (χ1v) is 6.31. The van der Waals surface area contributed by atoms with Gasteiger partial charge in [-0.3, -0.25) is 0 Å². The van der Waals surface area contributed by atoms with Crippen molar-refractivity contribution >= 4 is 0 Å². The SMILES string of the molecule is CCCOc1ccc(COC2=C(F)C(F)(F)C2(F)F)cc1. The number of halogens is 5. The van der Waals surface area contributed by atoms with E-state index in [2.05, 4.69) is 4.74 Å². The maximum atomic E-state index is 12.9. The second-order valence-corrected chi connectivity index (χ2v) is 4.57. The van der Waals surface area contributed by atoms with Crippen LogP contribution in [0.4, 0.5) is 22.0 Å². The molecular weight excluding hydrogens is 295 g/mol. The van der Waals surface area contributed by atoms with Gasteiger partial charge in [0.15, 0.2) is 0 Å². The van der Waals surface area contributed by atoms with E-state index in [1.807, 2.05) is 6.92 Å². The van der Waals surface area contributed by atoms with Crippen molar-refractivity contribution in [2.45, 2.75) is 31.8 Å². The molecule has 0 aliphatic heterocycles. The number of hydrogen-bond acceptors (Lipinski definition) is 2. The third kappa shape index (κ3) is 2.69. The number of benzene rings is 1. The van der Waals surface area contributed by atoms with E-state index in [0.717, 1.165) is 6.42 Å². The van der Waals surface area contributed by atoms with Gasteiger partial charge >= 0.3 is 11.8 Å². The highest BCUT2D eigenvalue weighted by atomic mass is 19.3. The smallest absolute Gasteiger partial charge is 0.375 e. The molecule has 2 rings (SSSR count). The zero-order valence-electron chi connectivity index (χ0n) is 11.1. The van der Waals surface area contributed by atoms with Gasteiger partial charge in [0.05, 0.1) is 6.61 Å². The van der Waals surface area contributed by atoms with Crippen molar-refractivity contribution in [2.75, 3.05) is 6.61 Å². The van der Waals surface area contributed by atoms with Crippen LogP contribution >= 0.6 is 0 Å². The fourth-order valence-electron chi connectivity index (χ4n) is 1.71. The van der Waals surface area contributed by atoms with Crippen molar-refractivity contribution in [3.63, 3.8) is 0 Å². The first kappa shape index (κ1) is 15.6. The Morgan fingerprint density at radius 2 is 1.57 bits per heavy atom. The Bertz CT molecular complexity index is 537. The second kappa shape index (κ2) is 5.54. The summed E-state index contributed by atoms with van der Waals surface area (Å²) in [7, 11) is 0. The molecule has 0 aromatic heterocycles. The minimum absolute atomic E-state index is 0.428. The van der Waals surface area contributed by atoms with Gasteiger partial charge in [-0.1, -0.05) is 19.1 Å². The van der Waals surface area contributed by atoms with E-state index in [9.17, 15) is 22.0 Å². The van der Waals surface area contributed by atoms with Crippen molar-refractivity contribution in [1.82, 2.24) is 0 Å². The van der Waals surface area contributed by atoms with Crippen molar-refractivity contribution in [3.05, 3.63) is 41.4 Å². The Hall–Kier alpha value is -1.79. The molecule has 0 spiro atoms. The molecule has 116 valence electrons. The maximum absolute atomic E-state index is 12.9. The van der Waals surface area contributed by atoms with E-state index >= 15 is 0 Å². The third-order valence-corrected chi connectivity index (χ3v) is 2.93. The number of ether oxygens (including phenoxy) is 2. The van der Waals surface area contributed by atoms with E-state index in [1.165, 1.54) is 12.1 Å². The van der Waals surface area contributed by atoms with Gasteiger partial charge in [-0.2, -0.15) is 17.6 Å². The van der Waals surface area contributed by atoms with Crippen LogP contribution in [0.15, 0.2) is 35.9 Å². The number of alkyl halides is 4. The molecule has 1 aliphatic rings. The molecule has 21 heavy (non-hydrogen) atoms. The van der Waals surface area contributed by atoms with Gasteiger partial charge in [0.25, 0.3) is 0 Å². The predicted molar refractivity (Wildman–Crippen MR) is 65.0 cm³/mol. The van der Waals surface area contributed by atoms with Crippen molar-refractivity contribution in [2.24, 2.45) is 0 Å². The topological polar surface area (TPSA) is 18.5 Å². The quantitative estimate of drug-likeness (QED) is 0.723. The molecule has 0 radical (unpaired) electrons. The van der Waals surface area contributed by atoms with Crippen LogP contribution in [0, 0.1) is 0 Å². The zero-order valence-corrected chi connectivity index (χ0v) is 11.1. The minimum Gasteiger partial charge on any atom is -0.494 e. The number of hydrogen-bond donors (Lipinski definition) is 0. The fraction of sp³-hybridized carbons (Fsp3) is 0.429. The molecule has 0 saturated carbocycles. The first-order chi connectivity index (χ1) is 9.80. The Morgan fingerprint density at radius 3 is 2.10 bits per heavy atom. The summed E-state index contributed by atoms with van der Waals surface area (Å²) in [6.07, 6.45) is 0.835. The fourth-order valence-corrected chi connectivity index (χ4v) is 1.71. The van der Waals surface area contributed by atoms with Crippen LogP contribution in [-0.4, -0.2) is 18.5 Å². The molecule has 1 aliphatic carbocycles. The summed E-state index contributed by atoms with van der Waals surface area (Å²) in [5.74, 6) is -12.6. The molecule has 7 heteroatoms. The molecule has 0 saturated heterocycles. The van der Waals surface area contributed by atoms with Gasteiger partial charge in [0.2, 0.25) is 11.6 Å². The average molecular weight is 308 g/mol. The molecule has 0 fully saturated rings. The molecule has 0 bridgehead atoms. The van der Waals surface area contributed by atoms with Crippen molar-refractivity contribution < 1.29 is 31.4 Å².